The van der Waals surface area contributed by atoms with Crippen LogP contribution in [0.1, 0.15) is 41.5 Å². The lowest BCUT2D eigenvalue weighted by Crippen LogP contribution is -2.33. The van der Waals surface area contributed by atoms with Crippen LogP contribution in [0.25, 0.3) is 11.1 Å². The topological polar surface area (TPSA) is 0 Å². The molecule has 2 aromatic carbocycles. The molecule has 4 aliphatic carbocycles. The summed E-state index contributed by atoms with van der Waals surface area (Å²) in [6.45, 7) is 0. The molecule has 2 aromatic rings. The van der Waals surface area contributed by atoms with E-state index in [1.54, 1.807) is 5.57 Å². The van der Waals surface area contributed by atoms with Crippen molar-refractivity contribution >= 4 is 22.7 Å². The van der Waals surface area contributed by atoms with Crippen LogP contribution in [0.3, 0.4) is 0 Å². The third kappa shape index (κ3) is 1.58. The van der Waals surface area contributed by atoms with Crippen LogP contribution in [0.15, 0.2) is 83.4 Å². The van der Waals surface area contributed by atoms with Gasteiger partial charge in [-0.3, -0.25) is 0 Å². The summed E-state index contributed by atoms with van der Waals surface area (Å²) >= 11 is 6.77. The molecule has 2 unspecified atom stereocenters. The van der Waals surface area contributed by atoms with E-state index >= 15 is 0 Å². The molecule has 0 nitrogen and oxygen atoms in total. The lowest BCUT2D eigenvalue weighted by molar-refractivity contribution is 0.489. The summed E-state index contributed by atoms with van der Waals surface area (Å²) in [6, 6.07) is 18.0. The van der Waals surface area contributed by atoms with Crippen molar-refractivity contribution in [1.82, 2.24) is 0 Å². The molecule has 0 amide bonds. The SMILES string of the molecule is ClC1=C2c3ccccc3C3(C4=C(CCC=C4)c4ccccc43)C2CC=C1. The van der Waals surface area contributed by atoms with Gasteiger partial charge < -0.3 is 0 Å². The summed E-state index contributed by atoms with van der Waals surface area (Å²) < 4.78 is 0. The minimum atomic E-state index is -0.0837. The molecule has 4 aliphatic rings. The smallest absolute Gasteiger partial charge is 0.0538 e. The lowest BCUT2D eigenvalue weighted by Gasteiger charge is -2.37. The highest BCUT2D eigenvalue weighted by Gasteiger charge is 2.57. The van der Waals surface area contributed by atoms with Crippen molar-refractivity contribution in [2.24, 2.45) is 5.92 Å². The fraction of sp³-hybridized carbons (Fsp3) is 0.200. The number of hydrogen-bond acceptors (Lipinski definition) is 0. The molecule has 0 saturated carbocycles. The first-order valence-corrected chi connectivity index (χ1v) is 9.87. The molecule has 0 aromatic heterocycles. The van der Waals surface area contributed by atoms with E-state index in [0.29, 0.717) is 5.92 Å². The van der Waals surface area contributed by atoms with Gasteiger partial charge >= 0.3 is 0 Å². The molecule has 0 saturated heterocycles. The van der Waals surface area contributed by atoms with Crippen molar-refractivity contribution in [3.05, 3.63) is 106 Å². The van der Waals surface area contributed by atoms with Crippen LogP contribution in [0.5, 0.6) is 0 Å². The third-order valence-corrected chi connectivity index (χ3v) is 7.01. The Hall–Kier alpha value is -2.31. The second-order valence-corrected chi connectivity index (χ2v) is 8.09. The van der Waals surface area contributed by atoms with E-state index in [0.717, 1.165) is 24.3 Å². The maximum atomic E-state index is 6.77. The van der Waals surface area contributed by atoms with E-state index in [1.807, 2.05) is 0 Å². The predicted molar refractivity (Wildman–Crippen MR) is 109 cm³/mol. The summed E-state index contributed by atoms with van der Waals surface area (Å²) in [7, 11) is 0. The van der Waals surface area contributed by atoms with Gasteiger partial charge in [0.25, 0.3) is 0 Å². The molecule has 2 atom stereocenters. The van der Waals surface area contributed by atoms with Crippen LogP contribution in [0.2, 0.25) is 0 Å². The highest BCUT2D eigenvalue weighted by molar-refractivity contribution is 6.35. The van der Waals surface area contributed by atoms with Gasteiger partial charge in [0.1, 0.15) is 0 Å². The van der Waals surface area contributed by atoms with Gasteiger partial charge in [-0.05, 0) is 64.3 Å². The molecule has 126 valence electrons. The zero-order valence-corrected chi connectivity index (χ0v) is 15.3. The average molecular weight is 355 g/mol. The first kappa shape index (κ1) is 14.8. The van der Waals surface area contributed by atoms with Crippen molar-refractivity contribution in [3.8, 4) is 0 Å². The second kappa shape index (κ2) is 5.11. The Bertz CT molecular complexity index is 1080. The van der Waals surface area contributed by atoms with Crippen LogP contribution >= 0.6 is 11.6 Å². The minimum absolute atomic E-state index is 0.0837. The van der Waals surface area contributed by atoms with Gasteiger partial charge in [0.05, 0.1) is 5.41 Å². The third-order valence-electron chi connectivity index (χ3n) is 6.68. The molecule has 1 heteroatoms. The molecule has 0 aliphatic heterocycles. The molecule has 0 heterocycles. The van der Waals surface area contributed by atoms with E-state index < -0.39 is 0 Å². The van der Waals surface area contributed by atoms with Crippen LogP contribution in [-0.2, 0) is 5.41 Å². The molecule has 0 radical (unpaired) electrons. The van der Waals surface area contributed by atoms with Gasteiger partial charge in [-0.2, -0.15) is 0 Å². The molecule has 0 fully saturated rings. The van der Waals surface area contributed by atoms with Gasteiger partial charge in [-0.15, -0.1) is 0 Å². The zero-order valence-electron chi connectivity index (χ0n) is 14.5. The van der Waals surface area contributed by atoms with E-state index in [1.165, 1.54) is 33.4 Å². The fourth-order valence-corrected chi connectivity index (χ4v) is 6.18. The molecule has 26 heavy (non-hydrogen) atoms. The Balaban J connectivity index is 1.79. The van der Waals surface area contributed by atoms with Crippen molar-refractivity contribution in [2.75, 3.05) is 0 Å². The van der Waals surface area contributed by atoms with Crippen LogP contribution < -0.4 is 0 Å². The Morgan fingerprint density at radius 3 is 2.42 bits per heavy atom. The number of hydrogen-bond donors (Lipinski definition) is 0. The summed E-state index contributed by atoms with van der Waals surface area (Å²) in [5.41, 5.74) is 10.0. The number of allylic oxidation sites excluding steroid dienone is 8. The quantitative estimate of drug-likeness (QED) is 0.498. The molecule has 0 bridgehead atoms. The van der Waals surface area contributed by atoms with E-state index in [4.69, 9.17) is 11.6 Å². The summed E-state index contributed by atoms with van der Waals surface area (Å²) in [5.74, 6) is 0.383. The lowest BCUT2D eigenvalue weighted by atomic mass is 9.64. The Labute approximate surface area is 159 Å². The van der Waals surface area contributed by atoms with E-state index in [9.17, 15) is 0 Å². The largest absolute Gasteiger partial charge is 0.0840 e. The second-order valence-electron chi connectivity index (χ2n) is 7.68. The molecule has 6 rings (SSSR count). The van der Waals surface area contributed by atoms with Crippen LogP contribution in [0, 0.1) is 5.92 Å². The maximum absolute atomic E-state index is 6.77. The summed E-state index contributed by atoms with van der Waals surface area (Å²) in [6.07, 6.45) is 12.4. The van der Waals surface area contributed by atoms with Crippen LogP contribution in [-0.4, -0.2) is 0 Å². The van der Waals surface area contributed by atoms with Crippen LogP contribution in [0.4, 0.5) is 0 Å². The Morgan fingerprint density at radius 2 is 1.58 bits per heavy atom. The fourth-order valence-electron chi connectivity index (χ4n) is 5.85. The van der Waals surface area contributed by atoms with Gasteiger partial charge in [0.2, 0.25) is 0 Å². The van der Waals surface area contributed by atoms with Crippen molar-refractivity contribution in [3.63, 3.8) is 0 Å². The zero-order chi connectivity index (χ0) is 17.3. The van der Waals surface area contributed by atoms with Gasteiger partial charge in [0, 0.05) is 11.0 Å². The number of benzene rings is 2. The molecular weight excluding hydrogens is 336 g/mol. The van der Waals surface area contributed by atoms with E-state index in [2.05, 4.69) is 72.8 Å². The predicted octanol–water partition coefficient (Wildman–Crippen LogP) is 6.63. The number of fused-ring (bicyclic) bond motifs is 9. The minimum Gasteiger partial charge on any atom is -0.0840 e. The average Bonchev–Trinajstić information content (AvgIpc) is 3.16. The van der Waals surface area contributed by atoms with Gasteiger partial charge in [0.15, 0.2) is 0 Å². The Kier molecular flexibility index (Phi) is 2.91. The van der Waals surface area contributed by atoms with E-state index in [-0.39, 0.29) is 5.41 Å². The summed E-state index contributed by atoms with van der Waals surface area (Å²) in [5, 5.41) is 0.914. The highest BCUT2D eigenvalue weighted by Crippen LogP contribution is 2.66. The standard InChI is InChI=1S/C25H19Cl/c26-23-15-7-14-22-24(23)18-10-3-6-13-21(18)25(22)19-11-4-1-8-16(19)17-9-2-5-12-20(17)25/h1,3-8,10-13,15,22H,2,9,14H2. The van der Waals surface area contributed by atoms with Crippen molar-refractivity contribution < 1.29 is 0 Å². The van der Waals surface area contributed by atoms with Gasteiger partial charge in [-0.25, -0.2) is 0 Å². The molecule has 1 spiro atoms. The first-order valence-electron chi connectivity index (χ1n) is 9.49. The number of halogens is 1. The van der Waals surface area contributed by atoms with Crippen molar-refractivity contribution in [2.45, 2.75) is 24.7 Å². The van der Waals surface area contributed by atoms with Crippen molar-refractivity contribution in [1.29, 1.82) is 0 Å². The van der Waals surface area contributed by atoms with Gasteiger partial charge in [-0.1, -0.05) is 78.4 Å². The summed E-state index contributed by atoms with van der Waals surface area (Å²) in [4.78, 5) is 0. The Morgan fingerprint density at radius 1 is 0.846 bits per heavy atom. The maximum Gasteiger partial charge on any atom is 0.0538 e. The monoisotopic (exact) mass is 354 g/mol. The molecular formula is C25H19Cl. The highest BCUT2D eigenvalue weighted by atomic mass is 35.5. The molecule has 0 N–H and O–H groups in total. The first-order chi connectivity index (χ1) is 12.8. The number of rotatable bonds is 0. The normalized spacial score (nSPS) is 27.7.